The highest BCUT2D eigenvalue weighted by molar-refractivity contribution is 6.33. The molecule has 6 nitrogen and oxygen atoms in total. The summed E-state index contributed by atoms with van der Waals surface area (Å²) >= 11 is 5.93. The molecule has 1 aliphatic heterocycles. The number of carbonyl (C=O) groups is 3. The Morgan fingerprint density at radius 2 is 1.79 bits per heavy atom. The molecule has 0 unspecified atom stereocenters. The largest absolute Gasteiger partial charge is 0.495 e. The number of hydrogen-bond donors (Lipinski definition) is 2. The van der Waals surface area contributed by atoms with Crippen molar-refractivity contribution in [1.29, 1.82) is 0 Å². The number of carbonyl (C=O) groups excluding carboxylic acids is 3. The monoisotopic (exact) mass is 280 g/mol. The summed E-state index contributed by atoms with van der Waals surface area (Å²) in [4.78, 5) is 33.9. The quantitative estimate of drug-likeness (QED) is 0.627. The topological polar surface area (TPSA) is 84.5 Å². The van der Waals surface area contributed by atoms with Gasteiger partial charge in [-0.05, 0) is 23.8 Å². The van der Waals surface area contributed by atoms with Crippen molar-refractivity contribution in [3.05, 3.63) is 34.4 Å². The zero-order valence-electron chi connectivity index (χ0n) is 9.82. The van der Waals surface area contributed by atoms with Crippen molar-refractivity contribution < 1.29 is 19.1 Å². The molecule has 1 saturated heterocycles. The van der Waals surface area contributed by atoms with Crippen LogP contribution < -0.4 is 15.4 Å². The van der Waals surface area contributed by atoms with E-state index >= 15 is 0 Å². The van der Waals surface area contributed by atoms with Crippen LogP contribution in [-0.4, -0.2) is 25.0 Å². The summed E-state index contributed by atoms with van der Waals surface area (Å²) in [7, 11) is 1.48. The van der Waals surface area contributed by atoms with E-state index in [4.69, 9.17) is 16.3 Å². The van der Waals surface area contributed by atoms with E-state index in [2.05, 4.69) is 0 Å². The molecule has 1 heterocycles. The van der Waals surface area contributed by atoms with Crippen molar-refractivity contribution in [1.82, 2.24) is 10.6 Å². The summed E-state index contributed by atoms with van der Waals surface area (Å²) in [5.74, 6) is -1.02. The van der Waals surface area contributed by atoms with E-state index in [1.165, 1.54) is 13.2 Å². The van der Waals surface area contributed by atoms with E-state index in [1.807, 2.05) is 10.6 Å². The Bertz CT molecular complexity index is 588. The molecule has 98 valence electrons. The fourth-order valence-corrected chi connectivity index (χ4v) is 1.81. The van der Waals surface area contributed by atoms with Crippen LogP contribution in [0, 0.1) is 0 Å². The van der Waals surface area contributed by atoms with Crippen molar-refractivity contribution in [2.75, 3.05) is 7.11 Å². The standard InChI is InChI=1S/C12H9ClN2O4/c1-19-9-3-2-6(5-8(9)13)4-7-10(16)14-12(18)15-11(7)17/h2-5H,1H3,(H2,14,15,16,17,18). The molecule has 0 aliphatic carbocycles. The van der Waals surface area contributed by atoms with Gasteiger partial charge in [0, 0.05) is 0 Å². The Labute approximate surface area is 113 Å². The third-order valence-electron chi connectivity index (χ3n) is 2.43. The molecule has 0 bridgehead atoms. The van der Waals surface area contributed by atoms with Crippen LogP contribution in [0.1, 0.15) is 5.56 Å². The Morgan fingerprint density at radius 1 is 1.16 bits per heavy atom. The number of imide groups is 2. The van der Waals surface area contributed by atoms with Crippen molar-refractivity contribution in [3.8, 4) is 5.75 Å². The van der Waals surface area contributed by atoms with Gasteiger partial charge < -0.3 is 4.74 Å². The van der Waals surface area contributed by atoms with E-state index in [0.717, 1.165) is 0 Å². The van der Waals surface area contributed by atoms with Gasteiger partial charge in [-0.1, -0.05) is 17.7 Å². The zero-order valence-corrected chi connectivity index (χ0v) is 10.6. The van der Waals surface area contributed by atoms with Crippen LogP contribution in [0.2, 0.25) is 5.02 Å². The number of barbiturate groups is 1. The molecule has 0 aromatic heterocycles. The van der Waals surface area contributed by atoms with Crippen molar-refractivity contribution in [2.45, 2.75) is 0 Å². The first-order valence-electron chi connectivity index (χ1n) is 5.23. The van der Waals surface area contributed by atoms with Crippen LogP contribution in [0.5, 0.6) is 5.75 Å². The Hall–Kier alpha value is -2.34. The van der Waals surface area contributed by atoms with Crippen LogP contribution in [-0.2, 0) is 9.59 Å². The lowest BCUT2D eigenvalue weighted by atomic mass is 10.1. The van der Waals surface area contributed by atoms with Gasteiger partial charge in [0.2, 0.25) is 0 Å². The van der Waals surface area contributed by atoms with Gasteiger partial charge in [0.05, 0.1) is 12.1 Å². The second-order valence-corrected chi connectivity index (χ2v) is 4.10. The van der Waals surface area contributed by atoms with Crippen LogP contribution in [0.15, 0.2) is 23.8 Å². The number of hydrogen-bond acceptors (Lipinski definition) is 4. The zero-order chi connectivity index (χ0) is 14.0. The Kier molecular flexibility index (Phi) is 3.52. The predicted octanol–water partition coefficient (Wildman–Crippen LogP) is 1.10. The maximum atomic E-state index is 11.5. The first-order valence-corrected chi connectivity index (χ1v) is 5.61. The first-order chi connectivity index (χ1) is 9.01. The maximum absolute atomic E-state index is 11.5. The molecule has 4 amide bonds. The van der Waals surface area contributed by atoms with E-state index in [9.17, 15) is 14.4 Å². The highest BCUT2D eigenvalue weighted by atomic mass is 35.5. The molecule has 1 aromatic carbocycles. The predicted molar refractivity (Wildman–Crippen MR) is 67.7 cm³/mol. The molecule has 0 saturated carbocycles. The fraction of sp³-hybridized carbons (Fsp3) is 0.0833. The number of amides is 4. The highest BCUT2D eigenvalue weighted by Gasteiger charge is 2.27. The van der Waals surface area contributed by atoms with Gasteiger partial charge in [0.15, 0.2) is 0 Å². The second-order valence-electron chi connectivity index (χ2n) is 3.69. The minimum absolute atomic E-state index is 0.166. The van der Waals surface area contributed by atoms with Gasteiger partial charge >= 0.3 is 6.03 Å². The molecule has 1 aliphatic rings. The molecular weight excluding hydrogens is 272 g/mol. The number of ether oxygens (including phenoxy) is 1. The summed E-state index contributed by atoms with van der Waals surface area (Å²) in [5.41, 5.74) is 0.376. The second kappa shape index (κ2) is 5.11. The average Bonchev–Trinajstić information content (AvgIpc) is 2.34. The number of methoxy groups -OCH3 is 1. The number of urea groups is 1. The molecule has 1 aromatic rings. The maximum Gasteiger partial charge on any atom is 0.328 e. The molecule has 7 heteroatoms. The molecule has 1 fully saturated rings. The molecule has 19 heavy (non-hydrogen) atoms. The van der Waals surface area contributed by atoms with E-state index < -0.39 is 17.8 Å². The normalized spacial score (nSPS) is 14.8. The summed E-state index contributed by atoms with van der Waals surface area (Å²) in [6, 6.07) is 3.96. The van der Waals surface area contributed by atoms with E-state index in [0.29, 0.717) is 16.3 Å². The molecule has 0 radical (unpaired) electrons. The number of benzene rings is 1. The smallest absolute Gasteiger partial charge is 0.328 e. The van der Waals surface area contributed by atoms with Crippen molar-refractivity contribution in [3.63, 3.8) is 0 Å². The van der Waals surface area contributed by atoms with Gasteiger partial charge in [-0.25, -0.2) is 4.79 Å². The van der Waals surface area contributed by atoms with Crippen LogP contribution in [0.4, 0.5) is 4.79 Å². The first kappa shape index (κ1) is 13.1. The van der Waals surface area contributed by atoms with Crippen LogP contribution in [0.3, 0.4) is 0 Å². The van der Waals surface area contributed by atoms with Gasteiger partial charge in [-0.3, -0.25) is 20.2 Å². The van der Waals surface area contributed by atoms with Gasteiger partial charge in [-0.15, -0.1) is 0 Å². The average molecular weight is 281 g/mol. The lowest BCUT2D eigenvalue weighted by Crippen LogP contribution is -2.51. The third-order valence-corrected chi connectivity index (χ3v) is 2.73. The van der Waals surface area contributed by atoms with Gasteiger partial charge in [0.25, 0.3) is 11.8 Å². The number of halogens is 1. The van der Waals surface area contributed by atoms with Crippen LogP contribution in [0.25, 0.3) is 6.08 Å². The molecule has 0 spiro atoms. The Morgan fingerprint density at radius 3 is 2.32 bits per heavy atom. The minimum Gasteiger partial charge on any atom is -0.495 e. The summed E-state index contributed by atoms with van der Waals surface area (Å²) in [6.07, 6.45) is 1.34. The number of nitrogens with one attached hydrogen (secondary N) is 2. The van der Waals surface area contributed by atoms with Gasteiger partial charge in [0.1, 0.15) is 11.3 Å². The lowest BCUT2D eigenvalue weighted by Gasteiger charge is -2.14. The fourth-order valence-electron chi connectivity index (χ4n) is 1.55. The van der Waals surface area contributed by atoms with Crippen molar-refractivity contribution >= 4 is 35.5 Å². The van der Waals surface area contributed by atoms with E-state index in [1.54, 1.807) is 18.2 Å². The van der Waals surface area contributed by atoms with E-state index in [-0.39, 0.29) is 5.57 Å². The van der Waals surface area contributed by atoms with Gasteiger partial charge in [-0.2, -0.15) is 0 Å². The summed E-state index contributed by atoms with van der Waals surface area (Å²) < 4.78 is 4.99. The molecule has 0 atom stereocenters. The number of rotatable bonds is 2. The molecular formula is C12H9ClN2O4. The SMILES string of the molecule is COc1ccc(C=C2C(=O)NC(=O)NC2=O)cc1Cl. The summed E-state index contributed by atoms with van der Waals surface area (Å²) in [6.45, 7) is 0. The Balaban J connectivity index is 2.35. The third kappa shape index (κ3) is 2.74. The minimum atomic E-state index is -0.833. The summed E-state index contributed by atoms with van der Waals surface area (Å²) in [5, 5.41) is 4.31. The van der Waals surface area contributed by atoms with Crippen LogP contribution >= 0.6 is 11.6 Å². The molecule has 2 N–H and O–H groups in total. The highest BCUT2D eigenvalue weighted by Crippen LogP contribution is 2.26. The lowest BCUT2D eigenvalue weighted by molar-refractivity contribution is -0.123. The van der Waals surface area contributed by atoms with Crippen molar-refractivity contribution in [2.24, 2.45) is 0 Å². The molecule has 2 rings (SSSR count).